The van der Waals surface area contributed by atoms with E-state index in [9.17, 15) is 0 Å². The average molecular weight is 319 g/mol. The first kappa shape index (κ1) is 15.9. The van der Waals surface area contributed by atoms with Crippen LogP contribution in [0.15, 0.2) is 54.7 Å². The average Bonchev–Trinajstić information content (AvgIpc) is 2.60. The van der Waals surface area contributed by atoms with Crippen LogP contribution in [0.25, 0.3) is 0 Å². The molecule has 0 atom stereocenters. The van der Waals surface area contributed by atoms with Crippen molar-refractivity contribution in [3.05, 3.63) is 71.4 Å². The fourth-order valence-electron chi connectivity index (χ4n) is 2.54. The van der Waals surface area contributed by atoms with Crippen LogP contribution in [0.1, 0.15) is 16.7 Å². The fourth-order valence-corrected chi connectivity index (χ4v) is 2.54. The molecular weight excluding hydrogens is 298 g/mol. The van der Waals surface area contributed by atoms with Crippen molar-refractivity contribution in [2.45, 2.75) is 20.3 Å². The van der Waals surface area contributed by atoms with Gasteiger partial charge in [0.15, 0.2) is 5.82 Å². The standard InChI is InChI=1S/C19H21N5/c1-14-7-6-8-15(2)18(14)23-19-22-17(13-21-24-19)20-12-11-16-9-4-3-5-10-16/h3-10,13H,11-12H2,1-2H3,(H2,20,22,23,24). The smallest absolute Gasteiger partial charge is 0.249 e. The maximum Gasteiger partial charge on any atom is 0.249 e. The predicted octanol–water partition coefficient (Wildman–Crippen LogP) is 3.89. The van der Waals surface area contributed by atoms with E-state index in [1.165, 1.54) is 5.56 Å². The quantitative estimate of drug-likeness (QED) is 0.722. The highest BCUT2D eigenvalue weighted by molar-refractivity contribution is 5.63. The Morgan fingerprint density at radius 2 is 1.67 bits per heavy atom. The first-order valence-electron chi connectivity index (χ1n) is 8.03. The van der Waals surface area contributed by atoms with E-state index in [1.807, 2.05) is 24.3 Å². The second-order valence-electron chi connectivity index (χ2n) is 5.72. The number of rotatable bonds is 6. The number of para-hydroxylation sites is 1. The van der Waals surface area contributed by atoms with Gasteiger partial charge in [0.1, 0.15) is 0 Å². The van der Waals surface area contributed by atoms with Gasteiger partial charge in [0.2, 0.25) is 5.95 Å². The number of benzene rings is 2. The molecule has 0 aliphatic heterocycles. The molecule has 0 aliphatic rings. The highest BCUT2D eigenvalue weighted by Crippen LogP contribution is 2.22. The van der Waals surface area contributed by atoms with Crippen LogP contribution in [-0.4, -0.2) is 21.7 Å². The van der Waals surface area contributed by atoms with Gasteiger partial charge in [0.05, 0.1) is 6.20 Å². The lowest BCUT2D eigenvalue weighted by Crippen LogP contribution is -2.09. The lowest BCUT2D eigenvalue weighted by atomic mass is 10.1. The molecule has 0 unspecified atom stereocenters. The van der Waals surface area contributed by atoms with Gasteiger partial charge in [-0.1, -0.05) is 48.5 Å². The summed E-state index contributed by atoms with van der Waals surface area (Å²) in [5.74, 6) is 1.21. The van der Waals surface area contributed by atoms with Crippen molar-refractivity contribution in [2.75, 3.05) is 17.2 Å². The molecule has 3 rings (SSSR count). The van der Waals surface area contributed by atoms with Gasteiger partial charge in [-0.3, -0.25) is 0 Å². The number of nitrogens with one attached hydrogen (secondary N) is 2. The van der Waals surface area contributed by atoms with E-state index in [2.05, 4.69) is 63.9 Å². The van der Waals surface area contributed by atoms with Crippen molar-refractivity contribution in [2.24, 2.45) is 0 Å². The van der Waals surface area contributed by atoms with Crippen LogP contribution in [0.2, 0.25) is 0 Å². The van der Waals surface area contributed by atoms with E-state index in [0.717, 1.165) is 35.6 Å². The second-order valence-corrected chi connectivity index (χ2v) is 5.72. The van der Waals surface area contributed by atoms with E-state index in [-0.39, 0.29) is 0 Å². The minimum absolute atomic E-state index is 0.497. The highest BCUT2D eigenvalue weighted by atomic mass is 15.3. The highest BCUT2D eigenvalue weighted by Gasteiger charge is 2.06. The summed E-state index contributed by atoms with van der Waals surface area (Å²) < 4.78 is 0. The zero-order valence-corrected chi connectivity index (χ0v) is 14.0. The number of hydrogen-bond acceptors (Lipinski definition) is 5. The Bertz CT molecular complexity index is 782. The molecule has 0 saturated heterocycles. The summed E-state index contributed by atoms with van der Waals surface area (Å²) in [6.07, 6.45) is 2.57. The topological polar surface area (TPSA) is 62.7 Å². The number of nitrogens with zero attached hydrogens (tertiary/aromatic N) is 3. The molecule has 122 valence electrons. The van der Waals surface area contributed by atoms with Gasteiger partial charge in [0.25, 0.3) is 0 Å². The normalized spacial score (nSPS) is 10.4. The Hall–Kier alpha value is -2.95. The molecule has 0 fully saturated rings. The van der Waals surface area contributed by atoms with Crippen molar-refractivity contribution in [3.8, 4) is 0 Å². The maximum atomic E-state index is 4.49. The van der Waals surface area contributed by atoms with Crippen LogP contribution < -0.4 is 10.6 Å². The van der Waals surface area contributed by atoms with Gasteiger partial charge in [-0.2, -0.15) is 10.1 Å². The number of anilines is 3. The lowest BCUT2D eigenvalue weighted by molar-refractivity contribution is 0.949. The molecule has 1 aromatic heterocycles. The summed E-state index contributed by atoms with van der Waals surface area (Å²) in [7, 11) is 0. The molecule has 5 nitrogen and oxygen atoms in total. The van der Waals surface area contributed by atoms with Crippen LogP contribution in [0.4, 0.5) is 17.5 Å². The molecule has 3 aromatic rings. The van der Waals surface area contributed by atoms with Gasteiger partial charge < -0.3 is 10.6 Å². The van der Waals surface area contributed by atoms with Crippen LogP contribution >= 0.6 is 0 Å². The molecule has 5 heteroatoms. The summed E-state index contributed by atoms with van der Waals surface area (Å²) in [6.45, 7) is 4.92. The molecule has 0 spiro atoms. The van der Waals surface area contributed by atoms with E-state index in [4.69, 9.17) is 0 Å². The van der Waals surface area contributed by atoms with Crippen molar-refractivity contribution >= 4 is 17.5 Å². The Morgan fingerprint density at radius 1 is 0.917 bits per heavy atom. The fraction of sp³-hybridized carbons (Fsp3) is 0.211. The van der Waals surface area contributed by atoms with E-state index in [1.54, 1.807) is 6.20 Å². The van der Waals surface area contributed by atoms with E-state index >= 15 is 0 Å². The van der Waals surface area contributed by atoms with Crippen LogP contribution in [0, 0.1) is 13.8 Å². The van der Waals surface area contributed by atoms with Crippen molar-refractivity contribution in [1.82, 2.24) is 15.2 Å². The molecule has 1 heterocycles. The number of hydrogen-bond donors (Lipinski definition) is 2. The molecule has 2 aromatic carbocycles. The molecule has 0 amide bonds. The summed E-state index contributed by atoms with van der Waals surface area (Å²) in [6, 6.07) is 16.5. The zero-order valence-electron chi connectivity index (χ0n) is 14.0. The summed E-state index contributed by atoms with van der Waals surface area (Å²) in [4.78, 5) is 4.49. The maximum absolute atomic E-state index is 4.49. The third-order valence-electron chi connectivity index (χ3n) is 3.84. The van der Waals surface area contributed by atoms with Crippen molar-refractivity contribution in [3.63, 3.8) is 0 Å². The summed E-state index contributed by atoms with van der Waals surface area (Å²) in [5, 5.41) is 14.7. The van der Waals surface area contributed by atoms with Crippen LogP contribution in [0.5, 0.6) is 0 Å². The minimum atomic E-state index is 0.497. The van der Waals surface area contributed by atoms with E-state index < -0.39 is 0 Å². The largest absolute Gasteiger partial charge is 0.368 e. The van der Waals surface area contributed by atoms with E-state index in [0.29, 0.717) is 5.95 Å². The predicted molar refractivity (Wildman–Crippen MR) is 97.7 cm³/mol. The Labute approximate surface area is 142 Å². The lowest BCUT2D eigenvalue weighted by Gasteiger charge is -2.11. The van der Waals surface area contributed by atoms with Gasteiger partial charge in [-0.25, -0.2) is 0 Å². The Balaban J connectivity index is 1.64. The summed E-state index contributed by atoms with van der Waals surface area (Å²) in [5.41, 5.74) is 4.63. The molecule has 2 N–H and O–H groups in total. The molecule has 0 aliphatic carbocycles. The van der Waals surface area contributed by atoms with Crippen LogP contribution in [-0.2, 0) is 6.42 Å². The third kappa shape index (κ3) is 4.07. The van der Waals surface area contributed by atoms with Gasteiger partial charge >= 0.3 is 0 Å². The SMILES string of the molecule is Cc1cccc(C)c1Nc1nncc(NCCc2ccccc2)n1. The zero-order chi connectivity index (χ0) is 16.8. The van der Waals surface area contributed by atoms with Crippen LogP contribution in [0.3, 0.4) is 0 Å². The minimum Gasteiger partial charge on any atom is -0.368 e. The Kier molecular flexibility index (Phi) is 5.01. The number of aryl methyl sites for hydroxylation is 2. The monoisotopic (exact) mass is 319 g/mol. The third-order valence-corrected chi connectivity index (χ3v) is 3.84. The van der Waals surface area contributed by atoms with Crippen molar-refractivity contribution < 1.29 is 0 Å². The first-order valence-corrected chi connectivity index (χ1v) is 8.03. The summed E-state index contributed by atoms with van der Waals surface area (Å²) >= 11 is 0. The number of aromatic nitrogens is 3. The molecule has 24 heavy (non-hydrogen) atoms. The van der Waals surface area contributed by atoms with Gasteiger partial charge in [0, 0.05) is 12.2 Å². The first-order chi connectivity index (χ1) is 11.7. The van der Waals surface area contributed by atoms with Crippen molar-refractivity contribution in [1.29, 1.82) is 0 Å². The van der Waals surface area contributed by atoms with Gasteiger partial charge in [-0.15, -0.1) is 5.10 Å². The molecular formula is C19H21N5. The molecule has 0 bridgehead atoms. The second kappa shape index (κ2) is 7.55. The molecule has 0 radical (unpaired) electrons. The van der Waals surface area contributed by atoms with Gasteiger partial charge in [-0.05, 0) is 37.0 Å². The molecule has 0 saturated carbocycles. The Morgan fingerprint density at radius 3 is 2.42 bits per heavy atom.